The smallest absolute Gasteiger partial charge is 0.234 e. The average molecular weight is 245 g/mol. The molecule has 2 N–H and O–H groups in total. The quantitative estimate of drug-likeness (QED) is 0.654. The van der Waals surface area contributed by atoms with Gasteiger partial charge in [-0.3, -0.25) is 9.69 Å². The van der Waals surface area contributed by atoms with Gasteiger partial charge in [0.05, 0.1) is 6.54 Å². The van der Waals surface area contributed by atoms with Crippen molar-refractivity contribution in [3.8, 4) is 0 Å². The first-order valence-electron chi connectivity index (χ1n) is 6.01. The maximum atomic E-state index is 11.6. The molecule has 0 bridgehead atoms. The fourth-order valence-electron chi connectivity index (χ4n) is 1.76. The van der Waals surface area contributed by atoms with E-state index < -0.39 is 0 Å². The van der Waals surface area contributed by atoms with Crippen molar-refractivity contribution in [3.05, 3.63) is 0 Å². The summed E-state index contributed by atoms with van der Waals surface area (Å²) < 4.78 is 0. The molecule has 5 heteroatoms. The van der Waals surface area contributed by atoms with E-state index >= 15 is 0 Å². The molecular formula is C11H23N3OS. The van der Waals surface area contributed by atoms with Gasteiger partial charge in [-0.1, -0.05) is 0 Å². The van der Waals surface area contributed by atoms with Gasteiger partial charge >= 0.3 is 0 Å². The van der Waals surface area contributed by atoms with Crippen molar-refractivity contribution in [1.29, 1.82) is 0 Å². The van der Waals surface area contributed by atoms with Crippen LogP contribution in [0.4, 0.5) is 0 Å². The number of nitrogens with zero attached hydrogens (tertiary/aromatic N) is 1. The highest BCUT2D eigenvalue weighted by atomic mass is 32.2. The van der Waals surface area contributed by atoms with Gasteiger partial charge in [0.1, 0.15) is 0 Å². The van der Waals surface area contributed by atoms with Gasteiger partial charge in [-0.2, -0.15) is 11.8 Å². The van der Waals surface area contributed by atoms with Gasteiger partial charge in [-0.05, 0) is 37.9 Å². The molecule has 0 saturated carbocycles. The first-order chi connectivity index (χ1) is 7.83. The number of carbonyl (C=O) groups excluding carboxylic acids is 1. The summed E-state index contributed by atoms with van der Waals surface area (Å²) in [7, 11) is 0. The van der Waals surface area contributed by atoms with E-state index in [0.29, 0.717) is 6.54 Å². The third-order valence-electron chi connectivity index (χ3n) is 2.65. The van der Waals surface area contributed by atoms with Gasteiger partial charge in [0.15, 0.2) is 0 Å². The fourth-order valence-corrected chi connectivity index (χ4v) is 2.20. The van der Waals surface area contributed by atoms with Crippen LogP contribution in [0.25, 0.3) is 0 Å². The van der Waals surface area contributed by atoms with E-state index in [9.17, 15) is 4.79 Å². The number of hydrogen-bond donors (Lipinski definition) is 2. The molecule has 1 aliphatic rings. The van der Waals surface area contributed by atoms with E-state index in [2.05, 4.69) is 21.8 Å². The average Bonchev–Trinajstić information content (AvgIpc) is 2.53. The number of nitrogens with one attached hydrogen (secondary N) is 2. The summed E-state index contributed by atoms with van der Waals surface area (Å²) in [6.45, 7) is 5.46. The van der Waals surface area contributed by atoms with Crippen LogP contribution in [0.15, 0.2) is 0 Å². The van der Waals surface area contributed by atoms with E-state index in [0.717, 1.165) is 51.3 Å². The molecule has 0 aromatic rings. The summed E-state index contributed by atoms with van der Waals surface area (Å²) in [6, 6.07) is 0. The Morgan fingerprint density at radius 2 is 2.31 bits per heavy atom. The maximum absolute atomic E-state index is 11.6. The zero-order valence-electron chi connectivity index (χ0n) is 10.1. The summed E-state index contributed by atoms with van der Waals surface area (Å²) in [5.41, 5.74) is 0. The Bertz CT molecular complexity index is 194. The van der Waals surface area contributed by atoms with Crippen molar-refractivity contribution in [3.63, 3.8) is 0 Å². The minimum Gasteiger partial charge on any atom is -0.355 e. The minimum absolute atomic E-state index is 0.169. The van der Waals surface area contributed by atoms with Crippen LogP contribution in [0, 0.1) is 0 Å². The molecule has 4 nitrogen and oxygen atoms in total. The van der Waals surface area contributed by atoms with Crippen LogP contribution < -0.4 is 10.6 Å². The number of hydrogen-bond acceptors (Lipinski definition) is 4. The Kier molecular flexibility index (Phi) is 7.63. The lowest BCUT2D eigenvalue weighted by Gasteiger charge is -2.18. The van der Waals surface area contributed by atoms with Crippen LogP contribution in [-0.4, -0.2) is 62.1 Å². The second-order valence-corrected chi connectivity index (χ2v) is 5.06. The minimum atomic E-state index is 0.169. The highest BCUT2D eigenvalue weighted by Crippen LogP contribution is 1.95. The zero-order chi connectivity index (χ0) is 11.6. The molecule has 94 valence electrons. The van der Waals surface area contributed by atoms with Gasteiger partial charge in [0.25, 0.3) is 0 Å². The molecule has 1 saturated heterocycles. The first-order valence-corrected chi connectivity index (χ1v) is 7.41. The van der Waals surface area contributed by atoms with E-state index in [4.69, 9.17) is 0 Å². The number of carbonyl (C=O) groups is 1. The summed E-state index contributed by atoms with van der Waals surface area (Å²) in [4.78, 5) is 13.8. The normalized spacial score (nSPS) is 18.1. The highest BCUT2D eigenvalue weighted by Gasteiger charge is 2.11. The molecule has 1 fully saturated rings. The predicted octanol–water partition coefficient (Wildman–Crippen LogP) is 0.151. The highest BCUT2D eigenvalue weighted by molar-refractivity contribution is 7.98. The van der Waals surface area contributed by atoms with Crippen LogP contribution in [0.3, 0.4) is 0 Å². The molecule has 0 unspecified atom stereocenters. The van der Waals surface area contributed by atoms with Crippen molar-refractivity contribution in [2.75, 3.05) is 51.3 Å². The SMILES string of the molecule is CSCCCNC(=O)CN1CCCNCC1. The van der Waals surface area contributed by atoms with Crippen LogP contribution >= 0.6 is 11.8 Å². The van der Waals surface area contributed by atoms with Crippen LogP contribution in [0.2, 0.25) is 0 Å². The molecule has 1 amide bonds. The molecule has 0 aliphatic carbocycles. The third-order valence-corrected chi connectivity index (χ3v) is 3.34. The topological polar surface area (TPSA) is 44.4 Å². The van der Waals surface area contributed by atoms with Crippen LogP contribution in [0.1, 0.15) is 12.8 Å². The van der Waals surface area contributed by atoms with E-state index in [1.54, 1.807) is 0 Å². The Labute approximate surface area is 103 Å². The molecule has 1 heterocycles. The number of amides is 1. The molecule has 0 spiro atoms. The van der Waals surface area contributed by atoms with Gasteiger partial charge in [-0.15, -0.1) is 0 Å². The van der Waals surface area contributed by atoms with Gasteiger partial charge in [0, 0.05) is 19.6 Å². The summed E-state index contributed by atoms with van der Waals surface area (Å²) in [6.07, 6.45) is 4.29. The van der Waals surface area contributed by atoms with Crippen LogP contribution in [-0.2, 0) is 4.79 Å². The fraction of sp³-hybridized carbons (Fsp3) is 0.909. The standard InChI is InChI=1S/C11H23N3OS/c1-16-9-3-5-13-11(15)10-14-7-2-4-12-6-8-14/h12H,2-10H2,1H3,(H,13,15). The summed E-state index contributed by atoms with van der Waals surface area (Å²) in [5, 5.41) is 6.31. The number of thioether (sulfide) groups is 1. The van der Waals surface area contributed by atoms with Crippen molar-refractivity contribution in [2.24, 2.45) is 0 Å². The predicted molar refractivity (Wildman–Crippen MR) is 69.9 cm³/mol. The van der Waals surface area contributed by atoms with Gasteiger partial charge in [0.2, 0.25) is 5.91 Å². The van der Waals surface area contributed by atoms with E-state index in [-0.39, 0.29) is 5.91 Å². The third kappa shape index (κ3) is 6.35. The number of rotatable bonds is 6. The summed E-state index contributed by atoms with van der Waals surface area (Å²) >= 11 is 1.82. The molecule has 0 aromatic carbocycles. The Hall–Kier alpha value is -0.260. The second-order valence-electron chi connectivity index (χ2n) is 4.08. The van der Waals surface area contributed by atoms with Crippen molar-refractivity contribution in [1.82, 2.24) is 15.5 Å². The Balaban J connectivity index is 2.07. The Morgan fingerprint density at radius 3 is 3.12 bits per heavy atom. The first kappa shape index (κ1) is 13.8. The molecule has 0 aromatic heterocycles. The molecular weight excluding hydrogens is 222 g/mol. The molecule has 1 rings (SSSR count). The monoisotopic (exact) mass is 245 g/mol. The van der Waals surface area contributed by atoms with Crippen molar-refractivity contribution in [2.45, 2.75) is 12.8 Å². The van der Waals surface area contributed by atoms with Gasteiger partial charge in [-0.25, -0.2) is 0 Å². The molecule has 1 aliphatic heterocycles. The van der Waals surface area contributed by atoms with Crippen LogP contribution in [0.5, 0.6) is 0 Å². The lowest BCUT2D eigenvalue weighted by molar-refractivity contribution is -0.122. The molecule has 16 heavy (non-hydrogen) atoms. The molecule has 0 radical (unpaired) electrons. The van der Waals surface area contributed by atoms with Gasteiger partial charge < -0.3 is 10.6 Å². The summed E-state index contributed by atoms with van der Waals surface area (Å²) in [5.74, 6) is 1.29. The van der Waals surface area contributed by atoms with Crippen molar-refractivity contribution >= 4 is 17.7 Å². The van der Waals surface area contributed by atoms with E-state index in [1.807, 2.05) is 11.8 Å². The zero-order valence-corrected chi connectivity index (χ0v) is 10.9. The molecule has 0 atom stereocenters. The largest absolute Gasteiger partial charge is 0.355 e. The Morgan fingerprint density at radius 1 is 1.44 bits per heavy atom. The lowest BCUT2D eigenvalue weighted by atomic mass is 10.3. The lowest BCUT2D eigenvalue weighted by Crippen LogP contribution is -2.39. The second kappa shape index (κ2) is 8.84. The van der Waals surface area contributed by atoms with Crippen molar-refractivity contribution < 1.29 is 4.79 Å². The maximum Gasteiger partial charge on any atom is 0.234 e. The van der Waals surface area contributed by atoms with E-state index in [1.165, 1.54) is 0 Å².